The Morgan fingerprint density at radius 3 is 0.988 bits per heavy atom. The molecule has 0 saturated heterocycles. The lowest BCUT2D eigenvalue weighted by atomic mass is 9.78. The first-order chi connectivity index (χ1) is 39.7. The predicted octanol–water partition coefficient (Wildman–Crippen LogP) is 20.7. The molecule has 0 fully saturated rings. The minimum absolute atomic E-state index is 0.117. The van der Waals surface area contributed by atoms with Crippen molar-refractivity contribution in [2.75, 3.05) is 0 Å². The van der Waals surface area contributed by atoms with Crippen molar-refractivity contribution in [2.24, 2.45) is 0 Å². The number of nitrogens with zero attached hydrogens (tertiary/aromatic N) is 4. The predicted molar refractivity (Wildman–Crippen MR) is 323 cm³/mol. The van der Waals surface area contributed by atoms with E-state index in [4.69, 9.17) is 0 Å². The van der Waals surface area contributed by atoms with Crippen LogP contribution in [0.25, 0.3) is 132 Å². The van der Waals surface area contributed by atoms with Gasteiger partial charge in [-0.2, -0.15) is 26.3 Å². The number of benzene rings is 11. The molecule has 0 radical (unpaired) electrons. The van der Waals surface area contributed by atoms with E-state index in [0.29, 0.717) is 28.0 Å². The molecule has 398 valence electrons. The third-order valence-corrected chi connectivity index (χ3v) is 16.5. The molecule has 82 heavy (non-hydrogen) atoms. The zero-order valence-electron chi connectivity index (χ0n) is 44.6. The third-order valence-electron chi connectivity index (χ3n) is 16.5. The number of hydrogen-bond acceptors (Lipinski definition) is 0. The summed E-state index contributed by atoms with van der Waals surface area (Å²) >= 11 is 0. The molecule has 0 aliphatic rings. The summed E-state index contributed by atoms with van der Waals surface area (Å²) in [6.45, 7) is 6.05. The van der Waals surface area contributed by atoms with Crippen molar-refractivity contribution in [3.63, 3.8) is 0 Å². The number of aromatic nitrogens is 4. The van der Waals surface area contributed by atoms with Gasteiger partial charge >= 0.3 is 12.4 Å². The molecular weight excluding hydrogens is 1030 g/mol. The summed E-state index contributed by atoms with van der Waals surface area (Å²) in [4.78, 5) is 0. The topological polar surface area (TPSA) is 19.7 Å². The minimum Gasteiger partial charge on any atom is -0.309 e. The molecule has 0 aliphatic carbocycles. The Hall–Kier alpha value is -9.80. The molecule has 0 aliphatic heterocycles. The molecule has 4 aromatic heterocycles. The van der Waals surface area contributed by atoms with Gasteiger partial charge in [0.2, 0.25) is 0 Å². The highest BCUT2D eigenvalue weighted by molar-refractivity contribution is 6.28. The summed E-state index contributed by atoms with van der Waals surface area (Å²) in [6, 6.07) is 73.3. The molecule has 11 aromatic carbocycles. The van der Waals surface area contributed by atoms with Crippen molar-refractivity contribution < 1.29 is 26.3 Å². The highest BCUT2D eigenvalue weighted by Gasteiger charge is 2.40. The van der Waals surface area contributed by atoms with Crippen LogP contribution in [0.15, 0.2) is 237 Å². The average molecular weight is 1080 g/mol. The largest absolute Gasteiger partial charge is 0.417 e. The van der Waals surface area contributed by atoms with Crippen LogP contribution < -0.4 is 0 Å². The van der Waals surface area contributed by atoms with Crippen molar-refractivity contribution in [1.82, 2.24) is 18.3 Å². The maximum absolute atomic E-state index is 16.1. The molecule has 0 bridgehead atoms. The van der Waals surface area contributed by atoms with E-state index >= 15 is 26.3 Å². The van der Waals surface area contributed by atoms with Crippen LogP contribution in [0.5, 0.6) is 0 Å². The molecule has 0 amide bonds. The summed E-state index contributed by atoms with van der Waals surface area (Å²) in [5, 5.41) is 6.98. The Morgan fingerprint density at radius 2 is 0.610 bits per heavy atom. The molecule has 4 nitrogen and oxygen atoms in total. The molecule has 15 aromatic rings. The number of hydrogen-bond donors (Lipinski definition) is 0. The Labute approximate surface area is 466 Å². The van der Waals surface area contributed by atoms with E-state index in [1.807, 2.05) is 130 Å². The van der Waals surface area contributed by atoms with Crippen molar-refractivity contribution >= 4 is 87.2 Å². The Kier molecular flexibility index (Phi) is 10.7. The molecule has 10 heteroatoms. The minimum atomic E-state index is -4.87. The Morgan fingerprint density at radius 1 is 0.280 bits per heavy atom. The summed E-state index contributed by atoms with van der Waals surface area (Å²) in [5.74, 6) is 0. The number of alkyl halides is 6. The second-order valence-electron chi connectivity index (χ2n) is 22.2. The van der Waals surface area contributed by atoms with Gasteiger partial charge in [-0.05, 0) is 95.4 Å². The molecule has 4 heterocycles. The van der Waals surface area contributed by atoms with Gasteiger partial charge in [0, 0.05) is 71.2 Å². The quantitative estimate of drug-likeness (QED) is 0.148. The number of rotatable bonds is 6. The van der Waals surface area contributed by atoms with Gasteiger partial charge in [-0.1, -0.05) is 178 Å². The standard InChI is InChI=1S/C72H48F6N4/c1-70(2,3)65-68(81-57-34-18-12-28-47(57)49-38-40-61-63(66(49)81)51-30-14-20-36-59(51)79(61)43-22-6-4-7-23-43)53(45-26-10-16-32-55(45)71(73,74)75)42-54(46-27-11-17-33-56(46)72(76,77)78)69(65)82-58-35-19-13-29-48(58)50-39-41-62-64(67(50)82)52-31-15-21-37-60(52)80(62)44-24-8-5-9-25-44/h4-42H,1-3H3. The molecule has 0 spiro atoms. The monoisotopic (exact) mass is 1080 g/mol. The van der Waals surface area contributed by atoms with Gasteiger partial charge in [0.1, 0.15) is 0 Å². The number of halogens is 6. The van der Waals surface area contributed by atoms with E-state index in [0.717, 1.165) is 99.7 Å². The van der Waals surface area contributed by atoms with Crippen LogP contribution >= 0.6 is 0 Å². The van der Waals surface area contributed by atoms with E-state index in [2.05, 4.69) is 91.1 Å². The normalized spacial score (nSPS) is 12.7. The summed E-state index contributed by atoms with van der Waals surface area (Å²) in [5.41, 5.74) is 6.71. The van der Waals surface area contributed by atoms with Crippen LogP contribution in [0, 0.1) is 0 Å². The fourth-order valence-corrected chi connectivity index (χ4v) is 13.4. The van der Waals surface area contributed by atoms with Gasteiger partial charge in [-0.15, -0.1) is 0 Å². The molecule has 0 N–H and O–H groups in total. The summed E-state index contributed by atoms with van der Waals surface area (Å²) in [7, 11) is 0. The maximum atomic E-state index is 16.1. The van der Waals surface area contributed by atoms with Gasteiger partial charge in [-0.25, -0.2) is 0 Å². The first-order valence-corrected chi connectivity index (χ1v) is 27.3. The Bertz CT molecular complexity index is 4790. The molecule has 0 unspecified atom stereocenters. The van der Waals surface area contributed by atoms with E-state index in [9.17, 15) is 0 Å². The van der Waals surface area contributed by atoms with Crippen molar-refractivity contribution in [3.05, 3.63) is 253 Å². The fraction of sp³-hybridized carbons (Fsp3) is 0.0833. The first-order valence-electron chi connectivity index (χ1n) is 27.3. The molecule has 15 rings (SSSR count). The summed E-state index contributed by atoms with van der Waals surface area (Å²) in [6.07, 6.45) is -9.75. The van der Waals surface area contributed by atoms with Crippen molar-refractivity contribution in [3.8, 4) is 45.0 Å². The van der Waals surface area contributed by atoms with Gasteiger partial charge < -0.3 is 18.3 Å². The number of fused-ring (bicyclic) bond motifs is 14. The molecular formula is C72H48F6N4. The molecule has 0 atom stereocenters. The van der Waals surface area contributed by atoms with E-state index in [1.165, 1.54) is 24.3 Å². The Balaban J connectivity index is 1.25. The van der Waals surface area contributed by atoms with Crippen LogP contribution in [-0.2, 0) is 17.8 Å². The second-order valence-corrected chi connectivity index (χ2v) is 22.2. The van der Waals surface area contributed by atoms with E-state index in [-0.39, 0.29) is 22.3 Å². The second kappa shape index (κ2) is 17.9. The van der Waals surface area contributed by atoms with Gasteiger partial charge in [0.05, 0.1) is 66.6 Å². The van der Waals surface area contributed by atoms with Crippen LogP contribution in [0.3, 0.4) is 0 Å². The van der Waals surface area contributed by atoms with Crippen LogP contribution in [-0.4, -0.2) is 18.3 Å². The van der Waals surface area contributed by atoms with E-state index < -0.39 is 28.9 Å². The highest BCUT2D eigenvalue weighted by atomic mass is 19.4. The van der Waals surface area contributed by atoms with Crippen molar-refractivity contribution in [2.45, 2.75) is 38.5 Å². The average Bonchev–Trinajstić information content (AvgIpc) is 2.48. The van der Waals surface area contributed by atoms with Crippen LogP contribution in [0.2, 0.25) is 0 Å². The third kappa shape index (κ3) is 7.19. The van der Waals surface area contributed by atoms with E-state index in [1.54, 1.807) is 18.2 Å². The van der Waals surface area contributed by atoms with Crippen LogP contribution in [0.4, 0.5) is 26.3 Å². The SMILES string of the molecule is CC(C)(C)c1c(-n2c3ccccc3c3ccc4c(c5ccccc5n4-c4ccccc4)c32)c(-c2ccccc2C(F)(F)F)cc(-c2ccccc2C(F)(F)F)c1-n1c2ccccc2c2ccc3c(c4ccccc4n3-c3ccccc3)c21. The number of para-hydroxylation sites is 6. The van der Waals surface area contributed by atoms with Gasteiger partial charge in [-0.3, -0.25) is 0 Å². The zero-order chi connectivity index (χ0) is 56.0. The molecule has 0 saturated carbocycles. The smallest absolute Gasteiger partial charge is 0.309 e. The summed E-state index contributed by atoms with van der Waals surface area (Å²) < 4.78 is 105. The lowest BCUT2D eigenvalue weighted by molar-refractivity contribution is -0.137. The lowest BCUT2D eigenvalue weighted by Crippen LogP contribution is -2.22. The highest BCUT2D eigenvalue weighted by Crippen LogP contribution is 2.55. The maximum Gasteiger partial charge on any atom is 0.417 e. The van der Waals surface area contributed by atoms with Crippen LogP contribution in [0.1, 0.15) is 37.5 Å². The lowest BCUT2D eigenvalue weighted by Gasteiger charge is -2.33. The van der Waals surface area contributed by atoms with Gasteiger partial charge in [0.15, 0.2) is 0 Å². The fourth-order valence-electron chi connectivity index (χ4n) is 13.4. The van der Waals surface area contributed by atoms with Crippen molar-refractivity contribution in [1.29, 1.82) is 0 Å². The van der Waals surface area contributed by atoms with Gasteiger partial charge in [0.25, 0.3) is 0 Å². The zero-order valence-corrected chi connectivity index (χ0v) is 44.6. The first kappa shape index (κ1) is 49.3.